The van der Waals surface area contributed by atoms with Crippen molar-refractivity contribution in [3.05, 3.63) is 65.7 Å². The molecule has 2 aromatic carbocycles. The number of fused-ring (bicyclic) bond motifs is 1. The zero-order valence-corrected chi connectivity index (χ0v) is 15.4. The third-order valence-corrected chi connectivity index (χ3v) is 5.58. The number of alkyl halides is 4. The summed E-state index contributed by atoms with van der Waals surface area (Å²) in [5.41, 5.74) is 0.801. The van der Waals surface area contributed by atoms with Crippen LogP contribution in [-0.2, 0) is 0 Å². The van der Waals surface area contributed by atoms with Crippen molar-refractivity contribution < 1.29 is 27.1 Å². The molecule has 3 atom stereocenters. The SMILES string of the molecule is O=C(c1ccccc1OC(F)(F)C(F)F)N1C[C@@H]2CNC[C@@H]2[C@@H]1c1ccccc1. The van der Waals surface area contributed by atoms with Gasteiger partial charge in [-0.25, -0.2) is 0 Å². The van der Waals surface area contributed by atoms with Gasteiger partial charge in [-0.2, -0.15) is 17.6 Å². The van der Waals surface area contributed by atoms with Crippen LogP contribution in [0.1, 0.15) is 22.0 Å². The lowest BCUT2D eigenvalue weighted by Gasteiger charge is -2.29. The molecule has 0 saturated carbocycles. The van der Waals surface area contributed by atoms with E-state index in [0.717, 1.165) is 24.7 Å². The molecule has 1 amide bonds. The standard InChI is InChI=1S/C21H20F4N2O2/c22-20(23)21(24,25)29-17-9-5-4-8-15(17)19(28)27-12-14-10-26-11-16(14)18(27)13-6-2-1-3-7-13/h1-9,14,16,18,20,26H,10-12H2/t14-,16-,18-/m0/s1. The first-order valence-electron chi connectivity index (χ1n) is 9.39. The van der Waals surface area contributed by atoms with Crippen LogP contribution in [0, 0.1) is 11.8 Å². The molecule has 2 fully saturated rings. The Bertz CT molecular complexity index is 878. The number of halogens is 4. The van der Waals surface area contributed by atoms with Gasteiger partial charge < -0.3 is 15.0 Å². The smallest absolute Gasteiger partial charge is 0.427 e. The number of benzene rings is 2. The van der Waals surface area contributed by atoms with E-state index in [0.29, 0.717) is 6.54 Å². The van der Waals surface area contributed by atoms with E-state index in [2.05, 4.69) is 10.1 Å². The maximum absolute atomic E-state index is 13.5. The van der Waals surface area contributed by atoms with Crippen LogP contribution >= 0.6 is 0 Å². The van der Waals surface area contributed by atoms with Crippen molar-refractivity contribution in [3.63, 3.8) is 0 Å². The van der Waals surface area contributed by atoms with Gasteiger partial charge in [0.25, 0.3) is 5.91 Å². The highest BCUT2D eigenvalue weighted by molar-refractivity contribution is 5.97. The molecule has 0 aromatic heterocycles. The van der Waals surface area contributed by atoms with Gasteiger partial charge in [-0.05, 0) is 23.6 Å². The van der Waals surface area contributed by atoms with E-state index in [1.54, 1.807) is 4.90 Å². The Morgan fingerprint density at radius 3 is 2.48 bits per heavy atom. The number of hydrogen-bond donors (Lipinski definition) is 1. The molecule has 2 aromatic rings. The summed E-state index contributed by atoms with van der Waals surface area (Å²) in [5, 5.41) is 3.33. The second kappa shape index (κ2) is 7.67. The number of para-hydroxylation sites is 1. The van der Waals surface area contributed by atoms with Gasteiger partial charge in [0.1, 0.15) is 5.75 Å². The maximum atomic E-state index is 13.5. The van der Waals surface area contributed by atoms with Gasteiger partial charge in [0, 0.05) is 25.6 Å². The molecule has 2 aliphatic rings. The third-order valence-electron chi connectivity index (χ3n) is 5.58. The van der Waals surface area contributed by atoms with Crippen molar-refractivity contribution in [2.45, 2.75) is 18.6 Å². The molecule has 1 N–H and O–H groups in total. The summed E-state index contributed by atoms with van der Waals surface area (Å²) < 4.78 is 56.4. The van der Waals surface area contributed by atoms with Crippen LogP contribution in [0.15, 0.2) is 54.6 Å². The lowest BCUT2D eigenvalue weighted by Crippen LogP contribution is -2.37. The fourth-order valence-electron chi connectivity index (χ4n) is 4.28. The van der Waals surface area contributed by atoms with Gasteiger partial charge in [-0.3, -0.25) is 4.79 Å². The zero-order chi connectivity index (χ0) is 20.6. The normalized spacial score (nSPS) is 24.0. The molecule has 2 heterocycles. The van der Waals surface area contributed by atoms with Crippen LogP contribution in [0.25, 0.3) is 0 Å². The summed E-state index contributed by atoms with van der Waals surface area (Å²) in [6.45, 7) is 1.96. The summed E-state index contributed by atoms with van der Waals surface area (Å²) in [4.78, 5) is 15.0. The molecule has 0 aliphatic carbocycles. The van der Waals surface area contributed by atoms with E-state index in [1.165, 1.54) is 18.2 Å². The first-order chi connectivity index (χ1) is 13.9. The van der Waals surface area contributed by atoms with Crippen molar-refractivity contribution >= 4 is 5.91 Å². The van der Waals surface area contributed by atoms with Gasteiger partial charge >= 0.3 is 12.5 Å². The molecule has 2 saturated heterocycles. The first kappa shape index (κ1) is 19.7. The number of ether oxygens (including phenoxy) is 1. The molecule has 154 valence electrons. The van der Waals surface area contributed by atoms with E-state index in [1.807, 2.05) is 30.3 Å². The summed E-state index contributed by atoms with van der Waals surface area (Å²) in [7, 11) is 0. The Hall–Kier alpha value is -2.61. The summed E-state index contributed by atoms with van der Waals surface area (Å²) >= 11 is 0. The van der Waals surface area contributed by atoms with Crippen LogP contribution < -0.4 is 10.1 Å². The van der Waals surface area contributed by atoms with Gasteiger partial charge in [0.2, 0.25) is 0 Å². The number of carbonyl (C=O) groups is 1. The monoisotopic (exact) mass is 408 g/mol. The average Bonchev–Trinajstić information content (AvgIpc) is 3.29. The van der Waals surface area contributed by atoms with Crippen molar-refractivity contribution in [3.8, 4) is 5.75 Å². The highest BCUT2D eigenvalue weighted by Crippen LogP contribution is 2.44. The highest BCUT2D eigenvalue weighted by atomic mass is 19.3. The molecule has 0 spiro atoms. The summed E-state index contributed by atoms with van der Waals surface area (Å²) in [5.74, 6) is -0.629. The Morgan fingerprint density at radius 2 is 1.76 bits per heavy atom. The van der Waals surface area contributed by atoms with E-state index >= 15 is 0 Å². The molecular formula is C21H20F4N2O2. The summed E-state index contributed by atoms with van der Waals surface area (Å²) in [6, 6.07) is 14.6. The molecule has 4 nitrogen and oxygen atoms in total. The fourth-order valence-corrected chi connectivity index (χ4v) is 4.28. The van der Waals surface area contributed by atoms with Crippen LogP contribution in [0.3, 0.4) is 0 Å². The Balaban J connectivity index is 1.67. The topological polar surface area (TPSA) is 41.6 Å². The Labute approximate surface area is 165 Å². The molecule has 8 heteroatoms. The Morgan fingerprint density at radius 1 is 1.07 bits per heavy atom. The lowest BCUT2D eigenvalue weighted by atomic mass is 9.89. The number of amides is 1. The van der Waals surface area contributed by atoms with E-state index in [-0.39, 0.29) is 23.4 Å². The molecule has 0 unspecified atom stereocenters. The fraction of sp³-hybridized carbons (Fsp3) is 0.381. The molecule has 0 radical (unpaired) electrons. The number of rotatable bonds is 5. The third kappa shape index (κ3) is 3.69. The first-order valence-corrected chi connectivity index (χ1v) is 9.39. The molecule has 29 heavy (non-hydrogen) atoms. The zero-order valence-electron chi connectivity index (χ0n) is 15.4. The quantitative estimate of drug-likeness (QED) is 0.762. The maximum Gasteiger partial charge on any atom is 0.461 e. The van der Waals surface area contributed by atoms with Crippen molar-refractivity contribution in [2.75, 3.05) is 19.6 Å². The predicted octanol–water partition coefficient (Wildman–Crippen LogP) is 3.96. The Kier molecular flexibility index (Phi) is 5.21. The van der Waals surface area contributed by atoms with Crippen molar-refractivity contribution in [1.29, 1.82) is 0 Å². The number of likely N-dealkylation sites (tertiary alicyclic amines) is 1. The minimum atomic E-state index is -4.68. The predicted molar refractivity (Wildman–Crippen MR) is 98.1 cm³/mol. The average molecular weight is 408 g/mol. The van der Waals surface area contributed by atoms with Gasteiger partial charge in [0.15, 0.2) is 0 Å². The van der Waals surface area contributed by atoms with E-state index in [9.17, 15) is 22.4 Å². The van der Waals surface area contributed by atoms with Gasteiger partial charge in [-0.15, -0.1) is 0 Å². The molecular weight excluding hydrogens is 388 g/mol. The van der Waals surface area contributed by atoms with E-state index in [4.69, 9.17) is 0 Å². The molecule has 4 rings (SSSR count). The van der Waals surface area contributed by atoms with Gasteiger partial charge in [-0.1, -0.05) is 42.5 Å². The van der Waals surface area contributed by atoms with Crippen molar-refractivity contribution in [2.24, 2.45) is 11.8 Å². The molecule has 2 aliphatic heterocycles. The van der Waals surface area contributed by atoms with Crippen LogP contribution in [-0.4, -0.2) is 43.0 Å². The lowest BCUT2D eigenvalue weighted by molar-refractivity contribution is -0.253. The summed E-state index contributed by atoms with van der Waals surface area (Å²) in [6.07, 6.45) is -8.68. The number of nitrogens with one attached hydrogen (secondary N) is 1. The van der Waals surface area contributed by atoms with Gasteiger partial charge in [0.05, 0.1) is 11.6 Å². The second-order valence-corrected chi connectivity index (χ2v) is 7.36. The van der Waals surface area contributed by atoms with Crippen LogP contribution in [0.5, 0.6) is 5.75 Å². The minimum absolute atomic E-state index is 0.151. The van der Waals surface area contributed by atoms with Crippen molar-refractivity contribution in [1.82, 2.24) is 10.2 Å². The van der Waals surface area contributed by atoms with Crippen LogP contribution in [0.2, 0.25) is 0 Å². The number of nitrogens with zero attached hydrogens (tertiary/aromatic N) is 1. The minimum Gasteiger partial charge on any atom is -0.427 e. The number of carbonyl (C=O) groups excluding carboxylic acids is 1. The molecule has 0 bridgehead atoms. The number of hydrogen-bond acceptors (Lipinski definition) is 3. The second-order valence-electron chi connectivity index (χ2n) is 7.36. The largest absolute Gasteiger partial charge is 0.461 e. The highest BCUT2D eigenvalue weighted by Gasteiger charge is 2.48. The van der Waals surface area contributed by atoms with Crippen LogP contribution in [0.4, 0.5) is 17.6 Å². The van der Waals surface area contributed by atoms with E-state index < -0.39 is 24.2 Å².